The Kier molecular flexibility index (Phi) is 4.37. The van der Waals surface area contributed by atoms with Crippen LogP contribution in [0, 0.1) is 5.92 Å². The summed E-state index contributed by atoms with van der Waals surface area (Å²) in [6.45, 7) is 2.27. The molecule has 5 nitrogen and oxygen atoms in total. The number of phenols is 1. The van der Waals surface area contributed by atoms with E-state index >= 15 is 0 Å². The van der Waals surface area contributed by atoms with Gasteiger partial charge in [0, 0.05) is 12.3 Å². The van der Waals surface area contributed by atoms with Gasteiger partial charge in [-0.25, -0.2) is 0 Å². The number of hydrogen-bond donors (Lipinski definition) is 3. The van der Waals surface area contributed by atoms with Crippen LogP contribution in [0.2, 0.25) is 0 Å². The smallest absolute Gasteiger partial charge is 0.167 e. The van der Waals surface area contributed by atoms with Crippen LogP contribution in [0.15, 0.2) is 18.2 Å². The van der Waals surface area contributed by atoms with Crippen molar-refractivity contribution in [2.24, 2.45) is 5.92 Å². The minimum Gasteiger partial charge on any atom is -0.507 e. The number of fused-ring (bicyclic) bond motifs is 1. The van der Waals surface area contributed by atoms with Gasteiger partial charge in [-0.3, -0.25) is 4.79 Å². The summed E-state index contributed by atoms with van der Waals surface area (Å²) in [6, 6.07) is 4.68. The molecule has 0 aromatic heterocycles. The van der Waals surface area contributed by atoms with Crippen LogP contribution in [0.4, 0.5) is 0 Å². The lowest BCUT2D eigenvalue weighted by Gasteiger charge is -2.41. The van der Waals surface area contributed by atoms with Crippen molar-refractivity contribution in [3.05, 3.63) is 29.3 Å². The summed E-state index contributed by atoms with van der Waals surface area (Å²) >= 11 is 0. The number of phenolic OH excluding ortho intramolecular Hbond substituents is 1. The summed E-state index contributed by atoms with van der Waals surface area (Å²) in [5.41, 5.74) is -0.764. The van der Waals surface area contributed by atoms with Crippen molar-refractivity contribution in [3.63, 3.8) is 0 Å². The number of carbonyl (C=O) groups excluding carboxylic acids is 1. The normalized spacial score (nSPS) is 26.8. The summed E-state index contributed by atoms with van der Waals surface area (Å²) in [5, 5.41) is 31.1. The fourth-order valence-corrected chi connectivity index (χ4v) is 3.06. The molecule has 0 unspecified atom stereocenters. The lowest BCUT2D eigenvalue weighted by Crippen LogP contribution is -2.45. The zero-order chi connectivity index (χ0) is 15.8. The van der Waals surface area contributed by atoms with E-state index in [1.807, 2.05) is 19.0 Å². The first kappa shape index (κ1) is 15.9. The Morgan fingerprint density at radius 3 is 2.71 bits per heavy atom. The average molecular weight is 293 g/mol. The van der Waals surface area contributed by atoms with Gasteiger partial charge < -0.3 is 20.2 Å². The molecule has 0 radical (unpaired) electrons. The maximum atomic E-state index is 12.3. The minimum absolute atomic E-state index is 0.0339. The molecule has 0 amide bonds. The third-order valence-corrected chi connectivity index (χ3v) is 4.33. The van der Waals surface area contributed by atoms with E-state index in [9.17, 15) is 20.1 Å². The Hall–Kier alpha value is -1.43. The highest BCUT2D eigenvalue weighted by Crippen LogP contribution is 2.44. The maximum absolute atomic E-state index is 12.3. The number of nitrogens with zero attached hydrogens (tertiary/aromatic N) is 1. The molecular formula is C16H23NO4. The molecule has 0 bridgehead atoms. The van der Waals surface area contributed by atoms with Gasteiger partial charge in [-0.15, -0.1) is 0 Å². The first-order valence-electron chi connectivity index (χ1n) is 7.16. The molecule has 0 spiro atoms. The monoisotopic (exact) mass is 293 g/mol. The van der Waals surface area contributed by atoms with Crippen LogP contribution in [-0.2, 0) is 5.60 Å². The predicted octanol–water partition coefficient (Wildman–Crippen LogP) is 1.11. The molecule has 1 aliphatic carbocycles. The highest BCUT2D eigenvalue weighted by molar-refractivity contribution is 6.01. The number of Topliss-reactive ketones (excluding diaryl/α,β-unsaturated/α-hetero) is 1. The first-order valence-corrected chi connectivity index (χ1v) is 7.16. The number of rotatable bonds is 4. The van der Waals surface area contributed by atoms with Crippen LogP contribution in [0.1, 0.15) is 35.7 Å². The van der Waals surface area contributed by atoms with Crippen LogP contribution < -0.4 is 0 Å². The fraction of sp³-hybridized carbons (Fsp3) is 0.562. The van der Waals surface area contributed by atoms with E-state index in [2.05, 4.69) is 0 Å². The van der Waals surface area contributed by atoms with Crippen molar-refractivity contribution in [2.75, 3.05) is 20.6 Å². The topological polar surface area (TPSA) is 81.0 Å². The zero-order valence-electron chi connectivity index (χ0n) is 12.7. The van der Waals surface area contributed by atoms with Crippen molar-refractivity contribution in [1.29, 1.82) is 0 Å². The second-order valence-electron chi connectivity index (χ2n) is 6.24. The van der Waals surface area contributed by atoms with Gasteiger partial charge in [-0.05, 0) is 45.6 Å². The summed E-state index contributed by atoms with van der Waals surface area (Å²) in [7, 11) is 3.81. The molecule has 2 rings (SSSR count). The maximum Gasteiger partial charge on any atom is 0.167 e. The molecule has 3 atom stereocenters. The van der Waals surface area contributed by atoms with Crippen molar-refractivity contribution < 1.29 is 20.1 Å². The summed E-state index contributed by atoms with van der Waals surface area (Å²) in [4.78, 5) is 14.2. The molecule has 0 saturated carbocycles. The highest BCUT2D eigenvalue weighted by Gasteiger charge is 2.46. The summed E-state index contributed by atoms with van der Waals surface area (Å²) in [6.07, 6.45) is -0.261. The fourth-order valence-electron chi connectivity index (χ4n) is 3.06. The summed E-state index contributed by atoms with van der Waals surface area (Å²) < 4.78 is 0. The molecule has 1 aromatic carbocycles. The van der Waals surface area contributed by atoms with Crippen molar-refractivity contribution in [2.45, 2.75) is 31.5 Å². The van der Waals surface area contributed by atoms with E-state index in [1.54, 1.807) is 19.1 Å². The van der Waals surface area contributed by atoms with E-state index in [1.165, 1.54) is 6.07 Å². The van der Waals surface area contributed by atoms with Crippen LogP contribution in [0.5, 0.6) is 5.75 Å². The lowest BCUT2D eigenvalue weighted by molar-refractivity contribution is -0.0721. The second-order valence-corrected chi connectivity index (χ2v) is 6.24. The number of aliphatic hydroxyl groups excluding tert-OH is 1. The zero-order valence-corrected chi connectivity index (χ0v) is 12.7. The van der Waals surface area contributed by atoms with Gasteiger partial charge in [0.05, 0.1) is 17.3 Å². The minimum atomic E-state index is -1.34. The number of ketones is 1. The average Bonchev–Trinajstić information content (AvgIpc) is 2.40. The largest absolute Gasteiger partial charge is 0.507 e. The second kappa shape index (κ2) is 5.75. The van der Waals surface area contributed by atoms with Crippen LogP contribution in [-0.4, -0.2) is 52.7 Å². The molecule has 3 N–H and O–H groups in total. The number of aliphatic hydroxyl groups is 2. The van der Waals surface area contributed by atoms with Crippen LogP contribution >= 0.6 is 0 Å². The molecule has 0 heterocycles. The van der Waals surface area contributed by atoms with Gasteiger partial charge in [0.15, 0.2) is 5.78 Å². The van der Waals surface area contributed by atoms with E-state index in [-0.39, 0.29) is 23.5 Å². The van der Waals surface area contributed by atoms with Gasteiger partial charge in [-0.2, -0.15) is 0 Å². The third-order valence-electron chi connectivity index (χ3n) is 4.33. The Morgan fingerprint density at radius 1 is 1.43 bits per heavy atom. The number of carbonyl (C=O) groups is 1. The van der Waals surface area contributed by atoms with Gasteiger partial charge >= 0.3 is 0 Å². The van der Waals surface area contributed by atoms with Crippen molar-refractivity contribution >= 4 is 5.78 Å². The van der Waals surface area contributed by atoms with Crippen molar-refractivity contribution in [3.8, 4) is 5.75 Å². The Morgan fingerprint density at radius 2 is 2.10 bits per heavy atom. The molecule has 0 aliphatic heterocycles. The molecule has 5 heteroatoms. The van der Waals surface area contributed by atoms with Crippen LogP contribution in [0.25, 0.3) is 0 Å². The number of hydrogen-bond acceptors (Lipinski definition) is 5. The van der Waals surface area contributed by atoms with E-state index in [0.29, 0.717) is 18.5 Å². The third kappa shape index (κ3) is 2.95. The predicted molar refractivity (Wildman–Crippen MR) is 79.3 cm³/mol. The molecule has 0 saturated heterocycles. The molecule has 1 aliphatic rings. The van der Waals surface area contributed by atoms with Crippen molar-refractivity contribution in [1.82, 2.24) is 4.90 Å². The highest BCUT2D eigenvalue weighted by atomic mass is 16.3. The lowest BCUT2D eigenvalue weighted by atomic mass is 9.69. The molecule has 0 fully saturated rings. The van der Waals surface area contributed by atoms with Gasteiger partial charge in [0.1, 0.15) is 5.75 Å². The standard InChI is InChI=1S/C16H23NO4/c1-16(21)10-5-4-6-13(19)15(10)14(20)9-11(16)12(18)7-8-17(2)3/h4-6,11-12,18-19,21H,7-9H2,1-3H3/t11-,12-,16-/m1/s1. The van der Waals surface area contributed by atoms with E-state index < -0.39 is 17.6 Å². The van der Waals surface area contributed by atoms with Crippen LogP contribution in [0.3, 0.4) is 0 Å². The van der Waals surface area contributed by atoms with Gasteiger partial charge in [-0.1, -0.05) is 12.1 Å². The van der Waals surface area contributed by atoms with Gasteiger partial charge in [0.25, 0.3) is 0 Å². The first-order chi connectivity index (χ1) is 9.75. The van der Waals surface area contributed by atoms with E-state index in [4.69, 9.17) is 0 Å². The molecule has 1 aromatic rings. The van der Waals surface area contributed by atoms with Gasteiger partial charge in [0.2, 0.25) is 0 Å². The Balaban J connectivity index is 2.33. The molecule has 21 heavy (non-hydrogen) atoms. The molecular weight excluding hydrogens is 270 g/mol. The van der Waals surface area contributed by atoms with E-state index in [0.717, 1.165) is 0 Å². The Labute approximate surface area is 124 Å². The number of benzene rings is 1. The molecule has 116 valence electrons. The Bertz CT molecular complexity index is 539. The number of aromatic hydroxyl groups is 1. The quantitative estimate of drug-likeness (QED) is 0.775. The summed E-state index contributed by atoms with van der Waals surface area (Å²) in [5.74, 6) is -0.915. The SMILES string of the molecule is CN(C)CC[C@@H](O)[C@H]1CC(=O)c2c(O)cccc2[C@@]1(C)O.